The first kappa shape index (κ1) is 32.3. The molecule has 0 fully saturated rings. The molecule has 3 N–H and O–H groups in total. The maximum atomic E-state index is 14.2. The first-order valence-corrected chi connectivity index (χ1v) is 16.2. The number of hydrogen-bond donors (Lipinski definition) is 2. The van der Waals surface area contributed by atoms with Crippen LogP contribution in [0.2, 0.25) is 0 Å². The molecule has 0 saturated carbocycles. The molecule has 1 aromatic carbocycles. The molecule has 0 aliphatic rings. The van der Waals surface area contributed by atoms with Crippen molar-refractivity contribution < 1.29 is 27.9 Å². The number of fused-ring (bicyclic) bond motifs is 3. The van der Waals surface area contributed by atoms with Gasteiger partial charge in [-0.2, -0.15) is 5.09 Å². The van der Waals surface area contributed by atoms with Gasteiger partial charge in [0.25, 0.3) is 0 Å². The summed E-state index contributed by atoms with van der Waals surface area (Å²) in [6.45, 7) is 9.73. The van der Waals surface area contributed by atoms with E-state index in [0.717, 1.165) is 29.3 Å². The molecule has 0 radical (unpaired) electrons. The minimum atomic E-state index is -4.15. The van der Waals surface area contributed by atoms with Crippen molar-refractivity contribution in [3.8, 4) is 5.88 Å². The molecule has 3 aromatic heterocycles. The molecule has 0 unspecified atom stereocenters. The number of ether oxygens (including phenoxy) is 2. The van der Waals surface area contributed by atoms with Crippen LogP contribution in [-0.2, 0) is 30.0 Å². The highest BCUT2D eigenvalue weighted by Gasteiger charge is 2.35. The van der Waals surface area contributed by atoms with Crippen LogP contribution >= 0.6 is 7.75 Å². The van der Waals surface area contributed by atoms with Crippen LogP contribution in [0.3, 0.4) is 0 Å². The number of nitrogens with two attached hydrogens (primary N) is 1. The summed E-state index contributed by atoms with van der Waals surface area (Å²) < 4.78 is 39.3. The number of nitrogens with one attached hydrogen (secondary N) is 1. The summed E-state index contributed by atoms with van der Waals surface area (Å²) in [6, 6.07) is 11.4. The van der Waals surface area contributed by atoms with Crippen molar-refractivity contribution in [3.05, 3.63) is 54.5 Å². The van der Waals surface area contributed by atoms with Crippen molar-refractivity contribution in [2.45, 2.75) is 78.7 Å². The van der Waals surface area contributed by atoms with Gasteiger partial charge in [-0.15, -0.1) is 0 Å². The topological polar surface area (TPSA) is 153 Å². The van der Waals surface area contributed by atoms with E-state index in [1.165, 1.54) is 6.20 Å². The second-order valence-corrected chi connectivity index (χ2v) is 12.1. The zero-order valence-corrected chi connectivity index (χ0v) is 26.3. The highest BCUT2D eigenvalue weighted by molar-refractivity contribution is 7.52. The van der Waals surface area contributed by atoms with E-state index in [9.17, 15) is 9.36 Å². The van der Waals surface area contributed by atoms with Crippen LogP contribution in [0, 0.1) is 0 Å². The van der Waals surface area contributed by atoms with E-state index < -0.39 is 19.8 Å². The summed E-state index contributed by atoms with van der Waals surface area (Å²) in [7, 11) is -4.15. The average molecular weight is 613 g/mol. The average Bonchev–Trinajstić information content (AvgIpc) is 3.36. The van der Waals surface area contributed by atoms with Gasteiger partial charge in [0.1, 0.15) is 24.0 Å². The molecule has 13 heteroatoms. The number of imidazole rings is 1. The first-order valence-electron chi connectivity index (χ1n) is 14.6. The lowest BCUT2D eigenvalue weighted by Gasteiger charge is -2.27. The van der Waals surface area contributed by atoms with Gasteiger partial charge < -0.3 is 24.3 Å². The molecule has 12 nitrogen and oxygen atoms in total. The van der Waals surface area contributed by atoms with E-state index in [2.05, 4.69) is 26.5 Å². The third-order valence-electron chi connectivity index (χ3n) is 6.66. The molecular weight excluding hydrogens is 571 g/mol. The number of pyridine rings is 2. The zero-order chi connectivity index (χ0) is 31.0. The van der Waals surface area contributed by atoms with E-state index in [-0.39, 0.29) is 31.2 Å². The second kappa shape index (κ2) is 14.7. The van der Waals surface area contributed by atoms with E-state index >= 15 is 0 Å². The Morgan fingerprint density at radius 1 is 1.09 bits per heavy atom. The Morgan fingerprint density at radius 2 is 1.86 bits per heavy atom. The van der Waals surface area contributed by atoms with Crippen LogP contribution in [0.5, 0.6) is 5.88 Å². The molecule has 4 rings (SSSR count). The van der Waals surface area contributed by atoms with E-state index in [1.807, 2.05) is 31.2 Å². The van der Waals surface area contributed by atoms with Gasteiger partial charge in [-0.1, -0.05) is 44.0 Å². The Balaban J connectivity index is 1.76. The quantitative estimate of drug-likeness (QED) is 0.114. The molecule has 0 bridgehead atoms. The van der Waals surface area contributed by atoms with Crippen molar-refractivity contribution in [1.29, 1.82) is 0 Å². The highest BCUT2D eigenvalue weighted by Crippen LogP contribution is 2.46. The van der Waals surface area contributed by atoms with Gasteiger partial charge in [0.2, 0.25) is 5.88 Å². The van der Waals surface area contributed by atoms with E-state index in [4.69, 9.17) is 29.2 Å². The molecule has 0 saturated heterocycles. The SMILES string of the molecule is CCCC[C@@H](CO[P@@](=O)(N[C@@H](C)C(=O)OC(C)C)Oc1ccccn1)n1c(COCC)nc2c(N)nc3ccccc3c21. The number of rotatable bonds is 16. The number of para-hydroxylation sites is 1. The van der Waals surface area contributed by atoms with Gasteiger partial charge in [0.15, 0.2) is 5.82 Å². The molecule has 3 atom stereocenters. The Kier molecular flexibility index (Phi) is 11.1. The van der Waals surface area contributed by atoms with Crippen LogP contribution in [0.4, 0.5) is 5.82 Å². The molecule has 0 aliphatic carbocycles. The number of esters is 1. The van der Waals surface area contributed by atoms with Crippen LogP contribution in [0.1, 0.15) is 65.7 Å². The monoisotopic (exact) mass is 612 g/mol. The van der Waals surface area contributed by atoms with E-state index in [1.54, 1.807) is 39.0 Å². The highest BCUT2D eigenvalue weighted by atomic mass is 31.2. The maximum absolute atomic E-state index is 14.2. The maximum Gasteiger partial charge on any atom is 0.460 e. The first-order chi connectivity index (χ1) is 20.7. The number of carbonyl (C=O) groups is 1. The van der Waals surface area contributed by atoms with Crippen molar-refractivity contribution in [1.82, 2.24) is 24.6 Å². The molecule has 0 amide bonds. The van der Waals surface area contributed by atoms with Crippen molar-refractivity contribution in [3.63, 3.8) is 0 Å². The van der Waals surface area contributed by atoms with Gasteiger partial charge in [0, 0.05) is 24.3 Å². The van der Waals surface area contributed by atoms with Crippen molar-refractivity contribution >= 4 is 41.5 Å². The zero-order valence-electron chi connectivity index (χ0n) is 25.4. The van der Waals surface area contributed by atoms with Gasteiger partial charge in [0.05, 0.1) is 29.8 Å². The standard InChI is InChI=1S/C30H41N6O6P/c1-6-8-13-22(18-40-43(38,42-26-16-11-12-17-32-26)35-21(5)30(37)41-20(3)4)36-25(19-39-7-2)34-27-28(36)23-14-9-10-15-24(23)33-29(27)31/h9-12,14-17,20-22H,6-8,13,18-19H2,1-5H3,(H2,31,33)(H,35,38)/t21-,22-,43-/m0/s1. The Bertz CT molecular complexity index is 1560. The molecular formula is C30H41N6O6P. The summed E-state index contributed by atoms with van der Waals surface area (Å²) in [5, 5.41) is 3.62. The number of aromatic nitrogens is 4. The number of unbranched alkanes of at least 4 members (excludes halogenated alkanes) is 1. The minimum Gasteiger partial charge on any atom is -0.462 e. The van der Waals surface area contributed by atoms with Gasteiger partial charge in [-0.05, 0) is 46.2 Å². The molecule has 0 spiro atoms. The number of benzene rings is 1. The lowest BCUT2D eigenvalue weighted by molar-refractivity contribution is -0.149. The smallest absolute Gasteiger partial charge is 0.460 e. The number of anilines is 1. The second-order valence-electron chi connectivity index (χ2n) is 10.4. The molecule has 4 aromatic rings. The normalized spacial score (nSPS) is 14.6. The predicted octanol–water partition coefficient (Wildman–Crippen LogP) is 5.96. The fourth-order valence-electron chi connectivity index (χ4n) is 4.71. The molecule has 43 heavy (non-hydrogen) atoms. The fourth-order valence-corrected chi connectivity index (χ4v) is 6.19. The molecule has 3 heterocycles. The molecule has 232 valence electrons. The van der Waals surface area contributed by atoms with Crippen molar-refractivity contribution in [2.24, 2.45) is 0 Å². The fraction of sp³-hybridized carbons (Fsp3) is 0.467. The summed E-state index contributed by atoms with van der Waals surface area (Å²) in [6.07, 6.45) is 3.62. The number of nitrogen functional groups attached to an aromatic ring is 1. The van der Waals surface area contributed by atoms with Gasteiger partial charge in [-0.3, -0.25) is 9.32 Å². The summed E-state index contributed by atoms with van der Waals surface area (Å²) >= 11 is 0. The summed E-state index contributed by atoms with van der Waals surface area (Å²) in [5.41, 5.74) is 8.48. The lowest BCUT2D eigenvalue weighted by Crippen LogP contribution is -2.36. The van der Waals surface area contributed by atoms with Crippen molar-refractivity contribution in [2.75, 3.05) is 18.9 Å². The van der Waals surface area contributed by atoms with Gasteiger partial charge in [-0.25, -0.2) is 19.5 Å². The predicted molar refractivity (Wildman–Crippen MR) is 166 cm³/mol. The van der Waals surface area contributed by atoms with Crippen LogP contribution in [-0.4, -0.2) is 50.8 Å². The third kappa shape index (κ3) is 8.08. The number of hydrogen-bond acceptors (Lipinski definition) is 10. The van der Waals surface area contributed by atoms with Crippen LogP contribution < -0.4 is 15.3 Å². The number of nitrogens with zero attached hydrogens (tertiary/aromatic N) is 4. The summed E-state index contributed by atoms with van der Waals surface area (Å²) in [5.74, 6) is 0.459. The van der Waals surface area contributed by atoms with Crippen LogP contribution in [0.15, 0.2) is 48.7 Å². The Hall–Kier alpha value is -3.57. The molecule has 0 aliphatic heterocycles. The summed E-state index contributed by atoms with van der Waals surface area (Å²) in [4.78, 5) is 26.2. The lowest BCUT2D eigenvalue weighted by atomic mass is 10.1. The van der Waals surface area contributed by atoms with Crippen LogP contribution in [0.25, 0.3) is 21.9 Å². The minimum absolute atomic E-state index is 0.0375. The Labute approximate surface area is 251 Å². The third-order valence-corrected chi connectivity index (χ3v) is 8.28. The van der Waals surface area contributed by atoms with E-state index in [0.29, 0.717) is 30.2 Å². The largest absolute Gasteiger partial charge is 0.462 e. The Morgan fingerprint density at radius 3 is 2.56 bits per heavy atom. The number of carbonyl (C=O) groups excluding carboxylic acids is 1. The van der Waals surface area contributed by atoms with Gasteiger partial charge >= 0.3 is 13.7 Å².